The Morgan fingerprint density at radius 1 is 1.24 bits per heavy atom. The summed E-state index contributed by atoms with van der Waals surface area (Å²) in [7, 11) is 3.18. The van der Waals surface area contributed by atoms with Gasteiger partial charge in [-0.05, 0) is 23.6 Å². The second kappa shape index (κ2) is 6.26. The highest BCUT2D eigenvalue weighted by molar-refractivity contribution is 9.10. The van der Waals surface area contributed by atoms with Gasteiger partial charge in [-0.15, -0.1) is 0 Å². The molecule has 0 amide bonds. The van der Waals surface area contributed by atoms with Crippen LogP contribution in [-0.2, 0) is 0 Å². The fraction of sp³-hybridized carbons (Fsp3) is 0.538. The lowest BCUT2D eigenvalue weighted by Crippen LogP contribution is -2.09. The van der Waals surface area contributed by atoms with Crippen molar-refractivity contribution < 1.29 is 14.6 Å². The van der Waals surface area contributed by atoms with E-state index in [1.54, 1.807) is 14.2 Å². The highest BCUT2D eigenvalue weighted by atomic mass is 79.9. The average molecular weight is 303 g/mol. The summed E-state index contributed by atoms with van der Waals surface area (Å²) >= 11 is 3.45. The second-order valence-corrected chi connectivity index (χ2v) is 4.91. The molecular weight excluding hydrogens is 284 g/mol. The van der Waals surface area contributed by atoms with Gasteiger partial charge >= 0.3 is 0 Å². The predicted molar refractivity (Wildman–Crippen MR) is 71.7 cm³/mol. The Kier molecular flexibility index (Phi) is 5.28. The molecule has 2 unspecified atom stereocenters. The minimum Gasteiger partial charge on any atom is -0.493 e. The molecule has 0 radical (unpaired) electrons. The summed E-state index contributed by atoms with van der Waals surface area (Å²) in [5, 5.41) is 10.2. The maximum Gasteiger partial charge on any atom is 0.161 e. The normalized spacial score (nSPS) is 14.2. The van der Waals surface area contributed by atoms with Crippen LogP contribution in [0.25, 0.3) is 0 Å². The van der Waals surface area contributed by atoms with Gasteiger partial charge in [-0.2, -0.15) is 0 Å². The largest absolute Gasteiger partial charge is 0.493 e. The summed E-state index contributed by atoms with van der Waals surface area (Å²) in [4.78, 5) is 0. The molecule has 1 rings (SSSR count). The fourth-order valence-electron chi connectivity index (χ4n) is 1.63. The van der Waals surface area contributed by atoms with Crippen molar-refractivity contribution in [3.8, 4) is 11.5 Å². The number of halogens is 1. The van der Waals surface area contributed by atoms with Gasteiger partial charge in [0.25, 0.3) is 0 Å². The lowest BCUT2D eigenvalue weighted by molar-refractivity contribution is 0.114. The van der Waals surface area contributed by atoms with E-state index in [0.29, 0.717) is 11.5 Å². The van der Waals surface area contributed by atoms with E-state index in [1.807, 2.05) is 19.1 Å². The Morgan fingerprint density at radius 3 is 2.24 bits per heavy atom. The summed E-state index contributed by atoms with van der Waals surface area (Å²) < 4.78 is 11.3. The minimum atomic E-state index is -0.505. The van der Waals surface area contributed by atoms with Gasteiger partial charge in [-0.3, -0.25) is 0 Å². The number of methoxy groups -OCH3 is 2. The molecule has 0 saturated heterocycles. The molecule has 0 aliphatic carbocycles. The van der Waals surface area contributed by atoms with Crippen molar-refractivity contribution in [3.63, 3.8) is 0 Å². The summed E-state index contributed by atoms with van der Waals surface area (Å²) in [5.74, 6) is 1.48. The van der Waals surface area contributed by atoms with Crippen LogP contribution >= 0.6 is 15.9 Å². The molecule has 1 aromatic rings. The third-order valence-corrected chi connectivity index (χ3v) is 3.69. The Balaban J connectivity index is 3.16. The van der Waals surface area contributed by atoms with Gasteiger partial charge in [0.2, 0.25) is 0 Å². The number of hydrogen-bond donors (Lipinski definition) is 1. The van der Waals surface area contributed by atoms with E-state index < -0.39 is 6.10 Å². The molecule has 1 N–H and O–H groups in total. The quantitative estimate of drug-likeness (QED) is 0.904. The summed E-state index contributed by atoms with van der Waals surface area (Å²) in [6, 6.07) is 3.64. The number of aliphatic hydroxyl groups is 1. The van der Waals surface area contributed by atoms with Crippen LogP contribution in [0.4, 0.5) is 0 Å². The number of benzene rings is 1. The molecule has 0 aliphatic heterocycles. The van der Waals surface area contributed by atoms with Crippen LogP contribution in [0.5, 0.6) is 11.5 Å². The average Bonchev–Trinajstić information content (AvgIpc) is 2.36. The van der Waals surface area contributed by atoms with Crippen molar-refractivity contribution in [2.45, 2.75) is 26.4 Å². The van der Waals surface area contributed by atoms with Crippen molar-refractivity contribution in [2.24, 2.45) is 5.92 Å². The molecule has 3 nitrogen and oxygen atoms in total. The van der Waals surface area contributed by atoms with Gasteiger partial charge in [0.15, 0.2) is 11.5 Å². The van der Waals surface area contributed by atoms with Gasteiger partial charge in [0.05, 0.1) is 20.3 Å². The zero-order valence-electron chi connectivity index (χ0n) is 10.7. The van der Waals surface area contributed by atoms with E-state index in [0.717, 1.165) is 16.5 Å². The zero-order valence-corrected chi connectivity index (χ0v) is 12.2. The van der Waals surface area contributed by atoms with E-state index in [1.165, 1.54) is 0 Å². The highest BCUT2D eigenvalue weighted by Gasteiger charge is 2.20. The number of aliphatic hydroxyl groups excluding tert-OH is 1. The summed E-state index contributed by atoms with van der Waals surface area (Å²) in [6.45, 7) is 4.08. The fourth-order valence-corrected chi connectivity index (χ4v) is 2.18. The van der Waals surface area contributed by atoms with Gasteiger partial charge in [-0.25, -0.2) is 0 Å². The molecule has 0 fully saturated rings. The van der Waals surface area contributed by atoms with Crippen LogP contribution < -0.4 is 9.47 Å². The van der Waals surface area contributed by atoms with E-state index in [2.05, 4.69) is 22.9 Å². The summed E-state index contributed by atoms with van der Waals surface area (Å²) in [5.41, 5.74) is 0.831. The van der Waals surface area contributed by atoms with Crippen molar-refractivity contribution in [2.75, 3.05) is 14.2 Å². The molecule has 0 heterocycles. The maximum atomic E-state index is 10.2. The third-order valence-electron chi connectivity index (χ3n) is 3.00. The molecule has 0 bridgehead atoms. The second-order valence-electron chi connectivity index (χ2n) is 4.06. The number of rotatable bonds is 5. The van der Waals surface area contributed by atoms with Crippen LogP contribution in [0.2, 0.25) is 0 Å². The van der Waals surface area contributed by atoms with Gasteiger partial charge in [0.1, 0.15) is 0 Å². The van der Waals surface area contributed by atoms with Crippen LogP contribution in [0, 0.1) is 5.92 Å². The molecule has 0 saturated carbocycles. The van der Waals surface area contributed by atoms with Crippen LogP contribution in [0.3, 0.4) is 0 Å². The van der Waals surface area contributed by atoms with Crippen molar-refractivity contribution in [1.82, 2.24) is 0 Å². The first-order valence-electron chi connectivity index (χ1n) is 5.64. The van der Waals surface area contributed by atoms with Gasteiger partial charge in [-0.1, -0.05) is 36.2 Å². The first-order valence-corrected chi connectivity index (χ1v) is 6.43. The summed E-state index contributed by atoms with van der Waals surface area (Å²) in [6.07, 6.45) is 0.413. The molecule has 0 spiro atoms. The number of hydrogen-bond acceptors (Lipinski definition) is 3. The van der Waals surface area contributed by atoms with E-state index in [4.69, 9.17) is 9.47 Å². The van der Waals surface area contributed by atoms with Crippen LogP contribution in [0.15, 0.2) is 16.6 Å². The Bertz CT molecular complexity index is 379. The van der Waals surface area contributed by atoms with Crippen LogP contribution in [0.1, 0.15) is 31.9 Å². The molecule has 0 aliphatic rings. The van der Waals surface area contributed by atoms with Gasteiger partial charge < -0.3 is 14.6 Å². The molecule has 4 heteroatoms. The molecule has 2 atom stereocenters. The molecule has 96 valence electrons. The highest BCUT2D eigenvalue weighted by Crippen LogP contribution is 2.38. The Labute approximate surface area is 111 Å². The zero-order chi connectivity index (χ0) is 13.0. The first-order chi connectivity index (χ1) is 8.04. The Hall–Kier alpha value is -0.740. The molecular formula is C13H19BrO3. The molecule has 0 aromatic heterocycles. The van der Waals surface area contributed by atoms with E-state index in [-0.39, 0.29) is 5.92 Å². The van der Waals surface area contributed by atoms with Crippen molar-refractivity contribution in [1.29, 1.82) is 0 Å². The lowest BCUT2D eigenvalue weighted by atomic mass is 9.95. The molecule has 17 heavy (non-hydrogen) atoms. The smallest absolute Gasteiger partial charge is 0.161 e. The van der Waals surface area contributed by atoms with E-state index >= 15 is 0 Å². The third kappa shape index (κ3) is 3.13. The standard InChI is InChI=1S/C13H19BrO3/c1-5-8(2)13(15)9-6-11(16-3)12(17-4)7-10(9)14/h6-8,13,15H,5H2,1-4H3. The van der Waals surface area contributed by atoms with E-state index in [9.17, 15) is 5.11 Å². The molecule has 1 aromatic carbocycles. The first kappa shape index (κ1) is 14.3. The maximum absolute atomic E-state index is 10.2. The predicted octanol–water partition coefficient (Wildman–Crippen LogP) is 3.55. The van der Waals surface area contributed by atoms with Gasteiger partial charge in [0, 0.05) is 4.47 Å². The van der Waals surface area contributed by atoms with Crippen LogP contribution in [-0.4, -0.2) is 19.3 Å². The Morgan fingerprint density at radius 2 is 1.76 bits per heavy atom. The monoisotopic (exact) mass is 302 g/mol. The topological polar surface area (TPSA) is 38.7 Å². The lowest BCUT2D eigenvalue weighted by Gasteiger charge is -2.20. The number of ether oxygens (including phenoxy) is 2. The SMILES string of the molecule is CCC(C)C(O)c1cc(OC)c(OC)cc1Br. The minimum absolute atomic E-state index is 0.199. The van der Waals surface area contributed by atoms with Crippen molar-refractivity contribution >= 4 is 15.9 Å². The van der Waals surface area contributed by atoms with Crippen molar-refractivity contribution in [3.05, 3.63) is 22.2 Å².